The maximum Gasteiger partial charge on any atom is 0.309 e. The van der Waals surface area contributed by atoms with Gasteiger partial charge in [-0.25, -0.2) is 4.98 Å². The Morgan fingerprint density at radius 3 is 3.14 bits per heavy atom. The molecule has 0 fully saturated rings. The van der Waals surface area contributed by atoms with E-state index in [9.17, 15) is 4.79 Å². The minimum absolute atomic E-state index is 0.118. The second kappa shape index (κ2) is 3.21. The molecule has 0 saturated carbocycles. The first-order valence-corrected chi connectivity index (χ1v) is 4.49. The number of fused-ring (bicyclic) bond motifs is 1. The second-order valence-corrected chi connectivity index (χ2v) is 3.27. The third-order valence-electron chi connectivity index (χ3n) is 2.24. The lowest BCUT2D eigenvalue weighted by Crippen LogP contribution is -2.18. The van der Waals surface area contributed by atoms with Gasteiger partial charge in [0.25, 0.3) is 0 Å². The average molecular weight is 196 g/mol. The predicted molar refractivity (Wildman–Crippen MR) is 51.1 cm³/mol. The standard InChI is InChI=1S/C8H12N4O2/c9-7-5(4-6(13)14)11-8-10-2-1-3-12(7)8/h1-4,9H2,(H,10,11)(H,13,14). The fourth-order valence-electron chi connectivity index (χ4n) is 1.59. The highest BCUT2D eigenvalue weighted by Gasteiger charge is 2.18. The van der Waals surface area contributed by atoms with Gasteiger partial charge < -0.3 is 16.2 Å². The van der Waals surface area contributed by atoms with Gasteiger partial charge in [-0.2, -0.15) is 0 Å². The summed E-state index contributed by atoms with van der Waals surface area (Å²) in [7, 11) is 0. The summed E-state index contributed by atoms with van der Waals surface area (Å²) in [6.07, 6.45) is 0.869. The molecule has 2 heterocycles. The van der Waals surface area contributed by atoms with Crippen molar-refractivity contribution in [1.29, 1.82) is 0 Å². The normalized spacial score (nSPS) is 14.6. The maximum absolute atomic E-state index is 10.5. The van der Waals surface area contributed by atoms with Crippen molar-refractivity contribution in [2.24, 2.45) is 0 Å². The Labute approximate surface area is 80.7 Å². The summed E-state index contributed by atoms with van der Waals surface area (Å²) < 4.78 is 1.82. The van der Waals surface area contributed by atoms with Crippen molar-refractivity contribution >= 4 is 17.7 Å². The number of anilines is 2. The van der Waals surface area contributed by atoms with E-state index in [-0.39, 0.29) is 6.42 Å². The van der Waals surface area contributed by atoms with Gasteiger partial charge in [0.05, 0.1) is 12.1 Å². The van der Waals surface area contributed by atoms with Crippen molar-refractivity contribution in [1.82, 2.24) is 9.55 Å². The highest BCUT2D eigenvalue weighted by Crippen LogP contribution is 2.22. The van der Waals surface area contributed by atoms with Gasteiger partial charge in [0.1, 0.15) is 5.82 Å². The third kappa shape index (κ3) is 1.39. The number of rotatable bonds is 2. The molecule has 14 heavy (non-hydrogen) atoms. The van der Waals surface area contributed by atoms with Crippen LogP contribution in [0.5, 0.6) is 0 Å². The van der Waals surface area contributed by atoms with Gasteiger partial charge >= 0.3 is 5.97 Å². The molecular weight excluding hydrogens is 184 g/mol. The Balaban J connectivity index is 2.33. The zero-order valence-electron chi connectivity index (χ0n) is 7.66. The van der Waals surface area contributed by atoms with Crippen molar-refractivity contribution in [3.8, 4) is 0 Å². The number of nitrogens with two attached hydrogens (primary N) is 1. The molecule has 1 aliphatic rings. The fourth-order valence-corrected chi connectivity index (χ4v) is 1.59. The predicted octanol–water partition coefficient (Wildman–Crippen LogP) is -0.0920. The van der Waals surface area contributed by atoms with E-state index in [1.807, 2.05) is 4.57 Å². The molecule has 0 saturated heterocycles. The van der Waals surface area contributed by atoms with Gasteiger partial charge in [0.15, 0.2) is 0 Å². The molecule has 0 unspecified atom stereocenters. The van der Waals surface area contributed by atoms with Crippen molar-refractivity contribution in [2.45, 2.75) is 19.4 Å². The number of hydrogen-bond donors (Lipinski definition) is 3. The van der Waals surface area contributed by atoms with Crippen LogP contribution in [0.1, 0.15) is 12.1 Å². The first-order valence-electron chi connectivity index (χ1n) is 4.49. The van der Waals surface area contributed by atoms with Crippen LogP contribution in [0.15, 0.2) is 0 Å². The van der Waals surface area contributed by atoms with Crippen LogP contribution in [0.4, 0.5) is 11.8 Å². The highest BCUT2D eigenvalue weighted by molar-refractivity contribution is 5.72. The van der Waals surface area contributed by atoms with Crippen LogP contribution in [0.25, 0.3) is 0 Å². The van der Waals surface area contributed by atoms with Crippen LogP contribution >= 0.6 is 0 Å². The number of carboxylic acid groups (broad SMARTS) is 1. The Hall–Kier alpha value is -1.72. The molecule has 76 valence electrons. The molecule has 1 aromatic rings. The molecule has 0 radical (unpaired) electrons. The smallest absolute Gasteiger partial charge is 0.309 e. The van der Waals surface area contributed by atoms with Crippen LogP contribution in [-0.4, -0.2) is 27.2 Å². The lowest BCUT2D eigenvalue weighted by atomic mass is 10.3. The molecule has 1 aliphatic heterocycles. The van der Waals surface area contributed by atoms with E-state index >= 15 is 0 Å². The second-order valence-electron chi connectivity index (χ2n) is 3.27. The van der Waals surface area contributed by atoms with Gasteiger partial charge in [-0.15, -0.1) is 0 Å². The molecule has 6 heteroatoms. The van der Waals surface area contributed by atoms with E-state index in [0.717, 1.165) is 19.5 Å². The number of carboxylic acids is 1. The van der Waals surface area contributed by atoms with Crippen LogP contribution in [0, 0.1) is 0 Å². The van der Waals surface area contributed by atoms with Crippen molar-refractivity contribution in [3.63, 3.8) is 0 Å². The van der Waals surface area contributed by atoms with E-state index in [1.54, 1.807) is 0 Å². The summed E-state index contributed by atoms with van der Waals surface area (Å²) in [5, 5.41) is 11.7. The number of carbonyl (C=O) groups is 1. The molecule has 0 aromatic carbocycles. The lowest BCUT2D eigenvalue weighted by Gasteiger charge is -2.15. The summed E-state index contributed by atoms with van der Waals surface area (Å²) in [5.74, 6) is 0.242. The minimum atomic E-state index is -0.910. The molecule has 0 amide bonds. The number of nitrogens with one attached hydrogen (secondary N) is 1. The quantitative estimate of drug-likeness (QED) is 0.614. The maximum atomic E-state index is 10.5. The average Bonchev–Trinajstić information content (AvgIpc) is 2.44. The summed E-state index contributed by atoms with van der Waals surface area (Å²) in [4.78, 5) is 14.6. The number of imidazole rings is 1. The molecule has 0 aliphatic carbocycles. The van der Waals surface area contributed by atoms with Gasteiger partial charge in [0.2, 0.25) is 5.95 Å². The Kier molecular flexibility index (Phi) is 2.03. The first-order chi connectivity index (χ1) is 6.68. The fraction of sp³-hybridized carbons (Fsp3) is 0.500. The van der Waals surface area contributed by atoms with Gasteiger partial charge in [-0.3, -0.25) is 9.36 Å². The molecular formula is C8H12N4O2. The summed E-state index contributed by atoms with van der Waals surface area (Å²) >= 11 is 0. The number of nitrogen functional groups attached to an aromatic ring is 1. The summed E-state index contributed by atoms with van der Waals surface area (Å²) in [6.45, 7) is 1.67. The SMILES string of the molecule is Nc1c(CC(=O)O)nc2n1CCCN2. The topological polar surface area (TPSA) is 93.2 Å². The molecule has 0 atom stereocenters. The molecule has 6 nitrogen and oxygen atoms in total. The van der Waals surface area contributed by atoms with E-state index < -0.39 is 5.97 Å². The third-order valence-corrected chi connectivity index (χ3v) is 2.24. The van der Waals surface area contributed by atoms with Crippen molar-refractivity contribution in [3.05, 3.63) is 5.69 Å². The van der Waals surface area contributed by atoms with Gasteiger partial charge in [-0.1, -0.05) is 0 Å². The largest absolute Gasteiger partial charge is 0.481 e. The van der Waals surface area contributed by atoms with E-state index in [4.69, 9.17) is 10.8 Å². The van der Waals surface area contributed by atoms with Crippen LogP contribution < -0.4 is 11.1 Å². The summed E-state index contributed by atoms with van der Waals surface area (Å²) in [5.41, 5.74) is 6.22. The monoisotopic (exact) mass is 196 g/mol. The molecule has 0 bridgehead atoms. The Morgan fingerprint density at radius 1 is 1.71 bits per heavy atom. The van der Waals surface area contributed by atoms with E-state index in [1.165, 1.54) is 0 Å². The molecule has 2 rings (SSSR count). The Morgan fingerprint density at radius 2 is 2.50 bits per heavy atom. The van der Waals surface area contributed by atoms with Crippen LogP contribution in [-0.2, 0) is 17.8 Å². The number of aliphatic carboxylic acids is 1. The Bertz CT molecular complexity index is 372. The van der Waals surface area contributed by atoms with Gasteiger partial charge in [0, 0.05) is 13.1 Å². The molecule has 0 spiro atoms. The molecule has 4 N–H and O–H groups in total. The van der Waals surface area contributed by atoms with Crippen molar-refractivity contribution in [2.75, 3.05) is 17.6 Å². The lowest BCUT2D eigenvalue weighted by molar-refractivity contribution is -0.136. The van der Waals surface area contributed by atoms with Gasteiger partial charge in [-0.05, 0) is 6.42 Å². The number of aromatic nitrogens is 2. The van der Waals surface area contributed by atoms with Crippen molar-refractivity contribution < 1.29 is 9.90 Å². The highest BCUT2D eigenvalue weighted by atomic mass is 16.4. The van der Waals surface area contributed by atoms with Crippen LogP contribution in [0.2, 0.25) is 0 Å². The zero-order valence-corrected chi connectivity index (χ0v) is 7.66. The minimum Gasteiger partial charge on any atom is -0.481 e. The molecule has 1 aromatic heterocycles. The summed E-state index contributed by atoms with van der Waals surface area (Å²) in [6, 6.07) is 0. The van der Waals surface area contributed by atoms with Crippen LogP contribution in [0.3, 0.4) is 0 Å². The first kappa shape index (κ1) is 8.86. The van der Waals surface area contributed by atoms with E-state index in [2.05, 4.69) is 10.3 Å². The number of hydrogen-bond acceptors (Lipinski definition) is 4. The number of nitrogens with zero attached hydrogens (tertiary/aromatic N) is 2. The van der Waals surface area contributed by atoms with E-state index in [0.29, 0.717) is 17.5 Å². The zero-order chi connectivity index (χ0) is 10.1.